The molecule has 0 aromatic heterocycles. The maximum atomic E-state index is 13.1. The van der Waals surface area contributed by atoms with Crippen molar-refractivity contribution in [2.45, 2.75) is 6.92 Å². The number of aryl methyl sites for hydroxylation is 1. The zero-order valence-electron chi connectivity index (χ0n) is 16.7. The minimum Gasteiger partial charge on any atom is -0.497 e. The number of anilines is 1. The Labute approximate surface area is 168 Å². The summed E-state index contributed by atoms with van der Waals surface area (Å²) in [7, 11) is 4.68. The van der Waals surface area contributed by atoms with Crippen molar-refractivity contribution in [1.82, 2.24) is 4.90 Å². The molecule has 2 aromatic rings. The summed E-state index contributed by atoms with van der Waals surface area (Å²) in [5.41, 5.74) is 3.33. The average Bonchev–Trinajstić information content (AvgIpc) is 3.11. The molecule has 3 amide bonds. The monoisotopic (exact) mass is 392 g/mol. The molecule has 29 heavy (non-hydrogen) atoms. The van der Waals surface area contributed by atoms with Crippen LogP contribution in [-0.2, 0) is 9.53 Å². The van der Waals surface area contributed by atoms with Crippen molar-refractivity contribution >= 4 is 29.1 Å². The molecular weight excluding hydrogens is 370 g/mol. The van der Waals surface area contributed by atoms with E-state index in [-0.39, 0.29) is 5.91 Å². The fraction of sp³-hybridized carbons (Fsp3) is 0.227. The average molecular weight is 392 g/mol. The Bertz CT molecular complexity index is 1090. The molecule has 2 aromatic carbocycles. The van der Waals surface area contributed by atoms with E-state index in [1.54, 1.807) is 14.2 Å². The van der Waals surface area contributed by atoms with Crippen LogP contribution in [0.25, 0.3) is 5.57 Å². The third-order valence-corrected chi connectivity index (χ3v) is 5.24. The second kappa shape index (κ2) is 7.09. The van der Waals surface area contributed by atoms with Gasteiger partial charge in [-0.25, -0.2) is 4.79 Å². The topological polar surface area (TPSA) is 70.9 Å². The van der Waals surface area contributed by atoms with E-state index in [4.69, 9.17) is 9.47 Å². The molecule has 7 nitrogen and oxygen atoms in total. The zero-order chi connectivity index (χ0) is 20.7. The van der Waals surface area contributed by atoms with Crippen LogP contribution >= 0.6 is 0 Å². The first-order valence-corrected chi connectivity index (χ1v) is 9.23. The number of rotatable bonds is 4. The Morgan fingerprint density at radius 1 is 1.14 bits per heavy atom. The number of urea groups is 1. The highest BCUT2D eigenvalue weighted by Crippen LogP contribution is 2.39. The summed E-state index contributed by atoms with van der Waals surface area (Å²) in [5.74, 6) is 0.339. The van der Waals surface area contributed by atoms with Crippen LogP contribution in [0.4, 0.5) is 10.5 Å². The molecular formula is C22H22N3O4+. The number of amides is 3. The molecule has 0 fully saturated rings. The SMILES string of the molecule is COc1cccc(C2=C(Nc3ccccc3C)OC3=[N+](C)C(=O)N(C)C(=O)C23)c1. The summed E-state index contributed by atoms with van der Waals surface area (Å²) in [6.07, 6.45) is 0. The summed E-state index contributed by atoms with van der Waals surface area (Å²) in [5, 5.41) is 3.31. The van der Waals surface area contributed by atoms with E-state index in [2.05, 4.69) is 5.32 Å². The number of ether oxygens (including phenoxy) is 2. The number of nitrogens with one attached hydrogen (secondary N) is 1. The molecule has 0 saturated heterocycles. The lowest BCUT2D eigenvalue weighted by molar-refractivity contribution is -0.415. The third kappa shape index (κ3) is 3.04. The van der Waals surface area contributed by atoms with Gasteiger partial charge in [0.15, 0.2) is 5.92 Å². The number of hydrogen-bond donors (Lipinski definition) is 1. The second-order valence-corrected chi connectivity index (χ2v) is 7.03. The Morgan fingerprint density at radius 2 is 1.90 bits per heavy atom. The minimum absolute atomic E-state index is 0.298. The Balaban J connectivity index is 1.90. The maximum Gasteiger partial charge on any atom is 0.502 e. The molecule has 148 valence electrons. The molecule has 0 aliphatic carbocycles. The second-order valence-electron chi connectivity index (χ2n) is 7.03. The number of imide groups is 1. The highest BCUT2D eigenvalue weighted by Gasteiger charge is 2.53. The number of fused-ring (bicyclic) bond motifs is 1. The number of methoxy groups -OCH3 is 1. The van der Waals surface area contributed by atoms with Gasteiger partial charge in [-0.05, 0) is 36.2 Å². The molecule has 4 rings (SSSR count). The summed E-state index contributed by atoms with van der Waals surface area (Å²) >= 11 is 0. The van der Waals surface area contributed by atoms with Gasteiger partial charge >= 0.3 is 11.9 Å². The summed E-state index contributed by atoms with van der Waals surface area (Å²) in [4.78, 5) is 26.6. The van der Waals surface area contributed by atoms with Gasteiger partial charge < -0.3 is 14.8 Å². The van der Waals surface area contributed by atoms with Crippen LogP contribution < -0.4 is 10.1 Å². The van der Waals surface area contributed by atoms with Gasteiger partial charge in [0.2, 0.25) is 5.88 Å². The molecule has 1 N–H and O–H groups in total. The van der Waals surface area contributed by atoms with Crippen LogP contribution in [0.1, 0.15) is 11.1 Å². The van der Waals surface area contributed by atoms with Crippen LogP contribution in [0.15, 0.2) is 54.4 Å². The normalized spacial score (nSPS) is 18.8. The summed E-state index contributed by atoms with van der Waals surface area (Å²) < 4.78 is 12.8. The smallest absolute Gasteiger partial charge is 0.497 e. The lowest BCUT2D eigenvalue weighted by atomic mass is 9.91. The number of carbonyl (C=O) groups excluding carboxylic acids is 2. The van der Waals surface area contributed by atoms with Crippen molar-refractivity contribution in [2.24, 2.45) is 5.92 Å². The van der Waals surface area contributed by atoms with Gasteiger partial charge in [0.25, 0.3) is 5.90 Å². The molecule has 7 heteroatoms. The summed E-state index contributed by atoms with van der Waals surface area (Å²) in [6.45, 7) is 1.98. The van der Waals surface area contributed by atoms with Crippen molar-refractivity contribution in [2.75, 3.05) is 26.5 Å². The number of nitrogens with zero attached hydrogens (tertiary/aromatic N) is 2. The lowest BCUT2D eigenvalue weighted by Gasteiger charge is -2.20. The maximum absolute atomic E-state index is 13.1. The first kappa shape index (κ1) is 18.7. The van der Waals surface area contributed by atoms with Crippen molar-refractivity contribution < 1.29 is 23.6 Å². The Morgan fingerprint density at radius 3 is 2.62 bits per heavy atom. The fourth-order valence-corrected chi connectivity index (χ4v) is 3.59. The standard InChI is InChI=1S/C22H22N3O4/c1-13-8-5-6-11-16(13)23-19-17(14-9-7-10-15(12-14)28-4)18-20(26)24(2)22(27)25(3)21(18)29-19/h5-12,18,23H,1-4H3/q+1. The fourth-order valence-electron chi connectivity index (χ4n) is 3.59. The van der Waals surface area contributed by atoms with Gasteiger partial charge in [-0.2, -0.15) is 14.3 Å². The Hall–Kier alpha value is -3.61. The predicted octanol–water partition coefficient (Wildman–Crippen LogP) is 3.06. The number of hydrogen-bond acceptors (Lipinski definition) is 5. The molecule has 0 radical (unpaired) electrons. The van der Waals surface area contributed by atoms with E-state index >= 15 is 0 Å². The van der Waals surface area contributed by atoms with E-state index < -0.39 is 11.9 Å². The molecule has 0 spiro atoms. The third-order valence-electron chi connectivity index (χ3n) is 5.24. The highest BCUT2D eigenvalue weighted by atomic mass is 16.5. The number of carbonyl (C=O) groups is 2. The molecule has 1 atom stereocenters. The van der Waals surface area contributed by atoms with Gasteiger partial charge in [-0.1, -0.05) is 30.3 Å². The molecule has 0 bridgehead atoms. The van der Waals surface area contributed by atoms with Crippen LogP contribution in [0.3, 0.4) is 0 Å². The summed E-state index contributed by atoms with van der Waals surface area (Å²) in [6, 6.07) is 14.8. The lowest BCUT2D eigenvalue weighted by Crippen LogP contribution is -2.51. The van der Waals surface area contributed by atoms with E-state index in [1.165, 1.54) is 11.6 Å². The van der Waals surface area contributed by atoms with Gasteiger partial charge in [0.1, 0.15) is 5.75 Å². The first-order chi connectivity index (χ1) is 13.9. The molecule has 2 heterocycles. The van der Waals surface area contributed by atoms with Crippen LogP contribution in [0.5, 0.6) is 5.75 Å². The van der Waals surface area contributed by atoms with Crippen molar-refractivity contribution in [3.05, 3.63) is 65.5 Å². The van der Waals surface area contributed by atoms with Gasteiger partial charge in [-0.3, -0.25) is 0 Å². The van der Waals surface area contributed by atoms with E-state index in [0.29, 0.717) is 23.1 Å². The van der Waals surface area contributed by atoms with Crippen molar-refractivity contribution in [3.63, 3.8) is 0 Å². The van der Waals surface area contributed by atoms with Crippen molar-refractivity contribution in [3.8, 4) is 5.75 Å². The minimum atomic E-state index is -0.721. The first-order valence-electron chi connectivity index (χ1n) is 9.23. The van der Waals surface area contributed by atoms with E-state index in [9.17, 15) is 9.59 Å². The van der Waals surface area contributed by atoms with Crippen molar-refractivity contribution in [1.29, 1.82) is 0 Å². The molecule has 0 saturated carbocycles. The molecule has 2 aliphatic rings. The van der Waals surface area contributed by atoms with E-state index in [0.717, 1.165) is 21.7 Å². The Kier molecular flexibility index (Phi) is 4.58. The molecule has 1 unspecified atom stereocenters. The van der Waals surface area contributed by atoms with Gasteiger partial charge in [0, 0.05) is 11.3 Å². The van der Waals surface area contributed by atoms with E-state index in [1.807, 2.05) is 55.5 Å². The van der Waals surface area contributed by atoms with Crippen LogP contribution in [-0.4, -0.2) is 48.5 Å². The predicted molar refractivity (Wildman–Crippen MR) is 109 cm³/mol. The zero-order valence-corrected chi connectivity index (χ0v) is 16.7. The highest BCUT2D eigenvalue weighted by molar-refractivity contribution is 6.18. The van der Waals surface area contributed by atoms with Gasteiger partial charge in [0.05, 0.1) is 21.2 Å². The van der Waals surface area contributed by atoms with Gasteiger partial charge in [-0.15, -0.1) is 0 Å². The van der Waals surface area contributed by atoms with Crippen LogP contribution in [0, 0.1) is 12.8 Å². The number of benzene rings is 2. The quantitative estimate of drug-likeness (QED) is 0.810. The largest absolute Gasteiger partial charge is 0.502 e. The number of para-hydroxylation sites is 1. The van der Waals surface area contributed by atoms with Crippen LogP contribution in [0.2, 0.25) is 0 Å². The molecule has 2 aliphatic heterocycles.